The summed E-state index contributed by atoms with van der Waals surface area (Å²) < 4.78 is 0. The minimum absolute atomic E-state index is 0.179. The lowest BCUT2D eigenvalue weighted by Gasteiger charge is -2.05. The van der Waals surface area contributed by atoms with E-state index in [0.717, 1.165) is 5.39 Å². The lowest BCUT2D eigenvalue weighted by molar-refractivity contribution is 0.998. The number of nitrogens with one attached hydrogen (secondary N) is 2. The summed E-state index contributed by atoms with van der Waals surface area (Å²) >= 11 is 5.57. The van der Waals surface area contributed by atoms with Crippen LogP contribution in [0.3, 0.4) is 0 Å². The molecule has 2 aromatic rings. The molecule has 0 aliphatic heterocycles. The predicted octanol–water partition coefficient (Wildman–Crippen LogP) is 1.57. The van der Waals surface area contributed by atoms with E-state index in [-0.39, 0.29) is 5.56 Å². The van der Waals surface area contributed by atoms with Gasteiger partial charge in [-0.25, -0.2) is 5.10 Å². The normalized spacial score (nSPS) is 10.5. The third kappa shape index (κ3) is 1.94. The molecule has 0 atom stereocenters. The Morgan fingerprint density at radius 2 is 2.07 bits per heavy atom. The molecule has 5 heteroatoms. The largest absolute Gasteiger partial charge is 0.367 e. The Kier molecular flexibility index (Phi) is 2.87. The third-order valence-corrected chi connectivity index (χ3v) is 2.27. The van der Waals surface area contributed by atoms with Crippen LogP contribution in [0, 0.1) is 0 Å². The molecule has 1 heterocycles. The van der Waals surface area contributed by atoms with Gasteiger partial charge in [-0.15, -0.1) is 11.6 Å². The van der Waals surface area contributed by atoms with Crippen molar-refractivity contribution in [3.8, 4) is 0 Å². The second kappa shape index (κ2) is 4.31. The van der Waals surface area contributed by atoms with E-state index < -0.39 is 0 Å². The maximum Gasteiger partial charge on any atom is 0.272 e. The van der Waals surface area contributed by atoms with Gasteiger partial charge in [-0.1, -0.05) is 18.2 Å². The summed E-state index contributed by atoms with van der Waals surface area (Å²) in [6.07, 6.45) is 0. The molecular formula is C10H10ClN3O. The molecule has 15 heavy (non-hydrogen) atoms. The van der Waals surface area contributed by atoms with E-state index in [9.17, 15) is 4.79 Å². The van der Waals surface area contributed by atoms with Gasteiger partial charge in [0.1, 0.15) is 0 Å². The summed E-state index contributed by atoms with van der Waals surface area (Å²) in [4.78, 5) is 11.4. The number of alkyl halides is 1. The number of fused-ring (bicyclic) bond motifs is 1. The number of hydrogen-bond acceptors (Lipinski definition) is 3. The number of nitrogens with zero attached hydrogens (tertiary/aromatic N) is 1. The van der Waals surface area contributed by atoms with Crippen molar-refractivity contribution >= 4 is 28.2 Å². The van der Waals surface area contributed by atoms with Gasteiger partial charge in [-0.2, -0.15) is 5.10 Å². The van der Waals surface area contributed by atoms with Crippen molar-refractivity contribution in [2.75, 3.05) is 17.7 Å². The first-order chi connectivity index (χ1) is 7.33. The molecule has 0 spiro atoms. The second-order valence-corrected chi connectivity index (χ2v) is 3.44. The third-order valence-electron chi connectivity index (χ3n) is 2.08. The molecule has 78 valence electrons. The highest BCUT2D eigenvalue weighted by molar-refractivity contribution is 6.18. The molecule has 4 nitrogen and oxygen atoms in total. The molecule has 2 N–H and O–H groups in total. The van der Waals surface area contributed by atoms with Crippen LogP contribution in [0.4, 0.5) is 5.82 Å². The topological polar surface area (TPSA) is 57.8 Å². The molecule has 0 unspecified atom stereocenters. The monoisotopic (exact) mass is 223 g/mol. The number of aromatic nitrogens is 2. The fraction of sp³-hybridized carbons (Fsp3) is 0.200. The number of H-pyrrole nitrogens is 1. The van der Waals surface area contributed by atoms with E-state index in [0.29, 0.717) is 23.6 Å². The minimum atomic E-state index is -0.179. The summed E-state index contributed by atoms with van der Waals surface area (Å²) in [7, 11) is 0. The lowest BCUT2D eigenvalue weighted by atomic mass is 10.2. The van der Waals surface area contributed by atoms with Gasteiger partial charge in [0.2, 0.25) is 0 Å². The predicted molar refractivity (Wildman–Crippen MR) is 61.6 cm³/mol. The van der Waals surface area contributed by atoms with Crippen molar-refractivity contribution in [1.29, 1.82) is 0 Å². The molecular weight excluding hydrogens is 214 g/mol. The van der Waals surface area contributed by atoms with Crippen LogP contribution in [0.1, 0.15) is 0 Å². The van der Waals surface area contributed by atoms with E-state index in [1.807, 2.05) is 18.2 Å². The summed E-state index contributed by atoms with van der Waals surface area (Å²) in [5.74, 6) is 1.15. The first-order valence-corrected chi connectivity index (χ1v) is 5.13. The van der Waals surface area contributed by atoms with Gasteiger partial charge in [0, 0.05) is 17.8 Å². The maximum absolute atomic E-state index is 11.4. The number of benzene rings is 1. The number of aromatic amines is 1. The van der Waals surface area contributed by atoms with Crippen molar-refractivity contribution in [2.24, 2.45) is 0 Å². The van der Waals surface area contributed by atoms with E-state index in [1.165, 1.54) is 0 Å². The lowest BCUT2D eigenvalue weighted by Crippen LogP contribution is -2.13. The Balaban J connectivity index is 2.56. The van der Waals surface area contributed by atoms with Gasteiger partial charge in [0.05, 0.1) is 5.39 Å². The van der Waals surface area contributed by atoms with Crippen molar-refractivity contribution in [3.63, 3.8) is 0 Å². The van der Waals surface area contributed by atoms with Crippen molar-refractivity contribution in [2.45, 2.75) is 0 Å². The zero-order valence-electron chi connectivity index (χ0n) is 7.96. The van der Waals surface area contributed by atoms with Crippen LogP contribution >= 0.6 is 11.6 Å². The molecule has 0 saturated carbocycles. The van der Waals surface area contributed by atoms with Gasteiger partial charge in [0.25, 0.3) is 5.56 Å². The zero-order chi connectivity index (χ0) is 10.7. The van der Waals surface area contributed by atoms with Crippen LogP contribution in [0.25, 0.3) is 10.8 Å². The van der Waals surface area contributed by atoms with Crippen LogP contribution in [0.15, 0.2) is 29.1 Å². The summed E-state index contributed by atoms with van der Waals surface area (Å²) in [5, 5.41) is 10.9. The molecule has 0 aliphatic rings. The van der Waals surface area contributed by atoms with Crippen molar-refractivity contribution in [1.82, 2.24) is 10.2 Å². The smallest absolute Gasteiger partial charge is 0.272 e. The van der Waals surface area contributed by atoms with Crippen LogP contribution < -0.4 is 10.9 Å². The van der Waals surface area contributed by atoms with Gasteiger partial charge < -0.3 is 5.32 Å². The Morgan fingerprint density at radius 3 is 2.80 bits per heavy atom. The van der Waals surface area contributed by atoms with Crippen molar-refractivity contribution in [3.05, 3.63) is 34.6 Å². The molecule has 0 saturated heterocycles. The average molecular weight is 224 g/mol. The summed E-state index contributed by atoms with van der Waals surface area (Å²) in [6.45, 7) is 0.616. The van der Waals surface area contributed by atoms with Gasteiger partial charge >= 0.3 is 0 Å². The molecule has 0 fully saturated rings. The SMILES string of the molecule is O=c1[nH]nc(NCCCl)c2ccccc12. The van der Waals surface area contributed by atoms with Gasteiger partial charge in [-0.3, -0.25) is 4.79 Å². The highest BCUT2D eigenvalue weighted by Gasteiger charge is 2.03. The Labute approximate surface area is 91.3 Å². The number of halogens is 1. The van der Waals surface area contributed by atoms with Crippen LogP contribution in [0.2, 0.25) is 0 Å². The highest BCUT2D eigenvalue weighted by atomic mass is 35.5. The molecule has 0 radical (unpaired) electrons. The van der Waals surface area contributed by atoms with E-state index in [2.05, 4.69) is 15.5 Å². The van der Waals surface area contributed by atoms with Gasteiger partial charge in [0.15, 0.2) is 5.82 Å². The summed E-state index contributed by atoms with van der Waals surface area (Å²) in [5.41, 5.74) is -0.179. The first-order valence-electron chi connectivity index (χ1n) is 4.60. The molecule has 1 aromatic heterocycles. The van der Waals surface area contributed by atoms with Crippen LogP contribution in [-0.2, 0) is 0 Å². The highest BCUT2D eigenvalue weighted by Crippen LogP contribution is 2.16. The molecule has 0 aliphatic carbocycles. The van der Waals surface area contributed by atoms with E-state index in [1.54, 1.807) is 6.07 Å². The first kappa shape index (κ1) is 9.98. The Bertz CT molecular complexity index is 523. The van der Waals surface area contributed by atoms with Crippen LogP contribution in [0.5, 0.6) is 0 Å². The number of hydrogen-bond donors (Lipinski definition) is 2. The Hall–Kier alpha value is -1.55. The molecule has 0 amide bonds. The van der Waals surface area contributed by atoms with E-state index in [4.69, 9.17) is 11.6 Å². The maximum atomic E-state index is 11.4. The van der Waals surface area contributed by atoms with E-state index >= 15 is 0 Å². The number of rotatable bonds is 3. The quantitative estimate of drug-likeness (QED) is 0.777. The Morgan fingerprint density at radius 1 is 1.33 bits per heavy atom. The summed E-state index contributed by atoms with van der Waals surface area (Å²) in [6, 6.07) is 7.31. The molecule has 0 bridgehead atoms. The minimum Gasteiger partial charge on any atom is -0.367 e. The zero-order valence-corrected chi connectivity index (χ0v) is 8.71. The fourth-order valence-electron chi connectivity index (χ4n) is 1.42. The molecule has 1 aromatic carbocycles. The average Bonchev–Trinajstić information content (AvgIpc) is 2.29. The van der Waals surface area contributed by atoms with Crippen molar-refractivity contribution < 1.29 is 0 Å². The molecule has 2 rings (SSSR count). The second-order valence-electron chi connectivity index (χ2n) is 3.06. The fourth-order valence-corrected chi connectivity index (χ4v) is 1.51. The number of anilines is 1. The van der Waals surface area contributed by atoms with Crippen LogP contribution in [-0.4, -0.2) is 22.6 Å². The van der Waals surface area contributed by atoms with Gasteiger partial charge in [-0.05, 0) is 6.07 Å². The standard InChI is InChI=1S/C10H10ClN3O/c11-5-6-12-9-7-3-1-2-4-8(7)10(15)14-13-9/h1-4H,5-6H2,(H,12,13)(H,14,15).